The Kier molecular flexibility index (Phi) is 11.1. The van der Waals surface area contributed by atoms with E-state index in [1.165, 1.54) is 7.11 Å². The predicted octanol–water partition coefficient (Wildman–Crippen LogP) is 4.25. The van der Waals surface area contributed by atoms with Crippen LogP contribution in [-0.2, 0) is 35.0 Å². The zero-order valence-corrected chi connectivity index (χ0v) is 22.6. The first kappa shape index (κ1) is 29.2. The van der Waals surface area contributed by atoms with Crippen LogP contribution in [0.5, 0.6) is 5.75 Å². The largest absolute Gasteiger partial charge is 0.491 e. The maximum atomic E-state index is 11.9. The van der Waals surface area contributed by atoms with Crippen LogP contribution in [0.4, 0.5) is 0 Å². The SMILES string of the molecule is COC(=O)c1ccc2ccn(Cc3ccc(OCCOCCOCCOCC(=O)OC(C)(C)C)cc3)c2c1. The van der Waals surface area contributed by atoms with Crippen molar-refractivity contribution >= 4 is 22.8 Å². The lowest BCUT2D eigenvalue weighted by Crippen LogP contribution is -2.27. The van der Waals surface area contributed by atoms with Crippen LogP contribution in [0.2, 0.25) is 0 Å². The number of nitrogens with zero attached hydrogens (tertiary/aromatic N) is 1. The molecule has 206 valence electrons. The number of hydrogen-bond acceptors (Lipinski definition) is 8. The quantitative estimate of drug-likeness (QED) is 0.214. The van der Waals surface area contributed by atoms with Crippen LogP contribution in [0.1, 0.15) is 36.7 Å². The van der Waals surface area contributed by atoms with Gasteiger partial charge in [-0.15, -0.1) is 0 Å². The van der Waals surface area contributed by atoms with Gasteiger partial charge in [-0.1, -0.05) is 18.2 Å². The molecule has 0 fully saturated rings. The average Bonchev–Trinajstić information content (AvgIpc) is 3.28. The molecule has 9 nitrogen and oxygen atoms in total. The van der Waals surface area contributed by atoms with Gasteiger partial charge in [0.15, 0.2) is 0 Å². The zero-order valence-electron chi connectivity index (χ0n) is 22.6. The van der Waals surface area contributed by atoms with Gasteiger partial charge in [-0.3, -0.25) is 0 Å². The molecule has 0 aliphatic heterocycles. The van der Waals surface area contributed by atoms with Gasteiger partial charge >= 0.3 is 11.9 Å². The number of aromatic nitrogens is 1. The number of fused-ring (bicyclic) bond motifs is 1. The van der Waals surface area contributed by atoms with Crippen molar-refractivity contribution in [3.05, 3.63) is 65.9 Å². The van der Waals surface area contributed by atoms with Crippen LogP contribution < -0.4 is 4.74 Å². The van der Waals surface area contributed by atoms with Crippen molar-refractivity contribution in [2.45, 2.75) is 32.9 Å². The number of carbonyl (C=O) groups excluding carboxylic acids is 2. The highest BCUT2D eigenvalue weighted by atomic mass is 16.6. The Morgan fingerprint density at radius 2 is 1.47 bits per heavy atom. The molecule has 0 spiro atoms. The molecule has 0 aliphatic carbocycles. The Balaban J connectivity index is 1.27. The lowest BCUT2D eigenvalue weighted by atomic mass is 10.1. The van der Waals surface area contributed by atoms with E-state index in [2.05, 4.69) is 4.57 Å². The number of esters is 2. The van der Waals surface area contributed by atoms with E-state index in [-0.39, 0.29) is 18.5 Å². The molecule has 9 heteroatoms. The Bertz CT molecular complexity index is 1160. The fraction of sp³-hybridized carbons (Fsp3) is 0.448. The highest BCUT2D eigenvalue weighted by molar-refractivity contribution is 5.94. The minimum absolute atomic E-state index is 0.0867. The van der Waals surface area contributed by atoms with Gasteiger partial charge in [0, 0.05) is 18.3 Å². The monoisotopic (exact) mass is 527 g/mol. The van der Waals surface area contributed by atoms with Crippen molar-refractivity contribution in [1.29, 1.82) is 0 Å². The van der Waals surface area contributed by atoms with Crippen molar-refractivity contribution in [3.63, 3.8) is 0 Å². The minimum atomic E-state index is -0.514. The van der Waals surface area contributed by atoms with Crippen LogP contribution in [0.15, 0.2) is 54.7 Å². The molecule has 0 aliphatic rings. The first-order valence-electron chi connectivity index (χ1n) is 12.6. The van der Waals surface area contributed by atoms with Gasteiger partial charge in [-0.25, -0.2) is 9.59 Å². The fourth-order valence-electron chi connectivity index (χ4n) is 3.64. The lowest BCUT2D eigenvalue weighted by molar-refractivity contribution is -0.160. The van der Waals surface area contributed by atoms with Crippen molar-refractivity contribution in [2.24, 2.45) is 0 Å². The Morgan fingerprint density at radius 3 is 2.13 bits per heavy atom. The molecule has 0 saturated carbocycles. The van der Waals surface area contributed by atoms with Crippen LogP contribution in [0, 0.1) is 0 Å². The van der Waals surface area contributed by atoms with Crippen LogP contribution in [-0.4, -0.2) is 75.5 Å². The van der Waals surface area contributed by atoms with Gasteiger partial charge in [0.1, 0.15) is 24.6 Å². The molecular formula is C29H37NO8. The summed E-state index contributed by atoms with van der Waals surface area (Å²) >= 11 is 0. The first-order chi connectivity index (χ1) is 18.2. The summed E-state index contributed by atoms with van der Waals surface area (Å²) < 4.78 is 34.0. The maximum absolute atomic E-state index is 11.9. The summed E-state index contributed by atoms with van der Waals surface area (Å²) in [6, 6.07) is 15.5. The summed E-state index contributed by atoms with van der Waals surface area (Å²) in [4.78, 5) is 23.4. The van der Waals surface area contributed by atoms with Crippen molar-refractivity contribution in [2.75, 3.05) is 53.4 Å². The first-order valence-corrected chi connectivity index (χ1v) is 12.6. The van der Waals surface area contributed by atoms with Crippen molar-refractivity contribution in [3.8, 4) is 5.75 Å². The Hall–Kier alpha value is -3.40. The highest BCUT2D eigenvalue weighted by Crippen LogP contribution is 2.21. The molecule has 1 heterocycles. The van der Waals surface area contributed by atoms with E-state index in [1.54, 1.807) is 6.07 Å². The molecule has 0 saturated heterocycles. The number of methoxy groups -OCH3 is 1. The average molecular weight is 528 g/mol. The van der Waals surface area contributed by atoms with E-state index in [1.807, 2.05) is 69.4 Å². The van der Waals surface area contributed by atoms with Crippen LogP contribution >= 0.6 is 0 Å². The Morgan fingerprint density at radius 1 is 0.816 bits per heavy atom. The van der Waals surface area contributed by atoms with E-state index < -0.39 is 5.60 Å². The number of carbonyl (C=O) groups is 2. The van der Waals surface area contributed by atoms with Gasteiger partial charge in [-0.2, -0.15) is 0 Å². The third-order valence-electron chi connectivity index (χ3n) is 5.35. The van der Waals surface area contributed by atoms with Gasteiger partial charge in [0.05, 0.1) is 45.7 Å². The molecule has 0 atom stereocenters. The lowest BCUT2D eigenvalue weighted by Gasteiger charge is -2.19. The van der Waals surface area contributed by atoms with Gasteiger partial charge in [0.25, 0.3) is 0 Å². The van der Waals surface area contributed by atoms with Crippen molar-refractivity contribution in [1.82, 2.24) is 4.57 Å². The Labute approximate surface area is 223 Å². The zero-order chi connectivity index (χ0) is 27.4. The maximum Gasteiger partial charge on any atom is 0.337 e. The van der Waals surface area contributed by atoms with E-state index >= 15 is 0 Å². The summed E-state index contributed by atoms with van der Waals surface area (Å²) in [5.41, 5.74) is 2.10. The summed E-state index contributed by atoms with van der Waals surface area (Å²) in [6.45, 7) is 8.45. The minimum Gasteiger partial charge on any atom is -0.491 e. The van der Waals surface area contributed by atoms with E-state index in [0.29, 0.717) is 51.7 Å². The summed E-state index contributed by atoms with van der Waals surface area (Å²) in [6.07, 6.45) is 2.01. The normalized spacial score (nSPS) is 11.5. The second-order valence-electron chi connectivity index (χ2n) is 9.57. The number of rotatable bonds is 15. The van der Waals surface area contributed by atoms with Gasteiger partial charge in [-0.05, 0) is 62.1 Å². The van der Waals surface area contributed by atoms with Crippen LogP contribution in [0.25, 0.3) is 10.9 Å². The molecule has 1 aromatic heterocycles. The second-order valence-corrected chi connectivity index (χ2v) is 9.57. The molecule has 2 aromatic carbocycles. The second kappa shape index (κ2) is 14.5. The molecule has 38 heavy (non-hydrogen) atoms. The predicted molar refractivity (Wildman–Crippen MR) is 143 cm³/mol. The number of hydrogen-bond donors (Lipinski definition) is 0. The molecule has 0 N–H and O–H groups in total. The number of ether oxygens (including phenoxy) is 6. The topological polar surface area (TPSA) is 94.5 Å². The molecule has 3 aromatic rings. The molecular weight excluding hydrogens is 490 g/mol. The summed E-state index contributed by atoms with van der Waals surface area (Å²) in [7, 11) is 1.38. The number of benzene rings is 2. The molecule has 3 rings (SSSR count). The molecule has 0 amide bonds. The third-order valence-corrected chi connectivity index (χ3v) is 5.35. The molecule has 0 unspecified atom stereocenters. The highest BCUT2D eigenvalue weighted by Gasteiger charge is 2.16. The smallest absolute Gasteiger partial charge is 0.337 e. The molecule has 0 radical (unpaired) electrons. The summed E-state index contributed by atoms with van der Waals surface area (Å²) in [5.74, 6) is 0.0287. The molecule has 0 bridgehead atoms. The third kappa shape index (κ3) is 9.81. The van der Waals surface area contributed by atoms with Gasteiger partial charge < -0.3 is 33.0 Å². The van der Waals surface area contributed by atoms with E-state index in [4.69, 9.17) is 28.4 Å². The standard InChI is InChI=1S/C29H37NO8/c1-29(2,3)38-27(31)21-36-16-15-34-13-14-35-17-18-37-25-9-5-22(6-10-25)20-30-12-11-23-7-8-24(19-26(23)30)28(32)33-4/h5-12,19H,13-18,20-21H2,1-4H3. The van der Waals surface area contributed by atoms with Gasteiger partial charge in [0.2, 0.25) is 0 Å². The fourth-order valence-corrected chi connectivity index (χ4v) is 3.64. The van der Waals surface area contributed by atoms with Crippen molar-refractivity contribution < 1.29 is 38.0 Å². The van der Waals surface area contributed by atoms with Crippen LogP contribution in [0.3, 0.4) is 0 Å². The summed E-state index contributed by atoms with van der Waals surface area (Å²) in [5, 5.41) is 1.06. The van der Waals surface area contributed by atoms with E-state index in [0.717, 1.165) is 22.2 Å². The van der Waals surface area contributed by atoms with E-state index in [9.17, 15) is 9.59 Å².